The van der Waals surface area contributed by atoms with Gasteiger partial charge in [-0.05, 0) is 11.8 Å². The maximum absolute atomic E-state index is 11.0. The van der Waals surface area contributed by atoms with Crippen LogP contribution in [-0.2, 0) is 13.0 Å². The fraction of sp³-hybridized carbons (Fsp3) is 0.600. The molecule has 0 amide bonds. The number of nitrogens with zero attached hydrogens (tertiary/aromatic N) is 2. The highest BCUT2D eigenvalue weighted by molar-refractivity contribution is 5.91. The number of carboxylic acids is 1. The van der Waals surface area contributed by atoms with Crippen LogP contribution in [0.3, 0.4) is 0 Å². The van der Waals surface area contributed by atoms with Gasteiger partial charge in [-0.2, -0.15) is 0 Å². The van der Waals surface area contributed by atoms with Crippen molar-refractivity contribution in [3.8, 4) is 0 Å². The number of carboxylic acid groups (broad SMARTS) is 1. The number of fused-ring (bicyclic) bond motifs is 1. The number of nitrogen functional groups attached to an aromatic ring is 1. The van der Waals surface area contributed by atoms with Crippen molar-refractivity contribution in [3.05, 3.63) is 11.5 Å². The molecule has 2 rings (SSSR count). The highest BCUT2D eigenvalue weighted by atomic mass is 16.4. The van der Waals surface area contributed by atoms with Crippen molar-refractivity contribution in [2.45, 2.75) is 33.2 Å². The number of carbonyl (C=O) groups is 1. The van der Waals surface area contributed by atoms with Crippen LogP contribution in [0.1, 0.15) is 36.6 Å². The monoisotopic (exact) mass is 209 g/mol. The van der Waals surface area contributed by atoms with Crippen LogP contribution in [0.15, 0.2) is 0 Å². The molecule has 0 saturated carbocycles. The van der Waals surface area contributed by atoms with Gasteiger partial charge in [-0.1, -0.05) is 13.8 Å². The second-order valence-electron chi connectivity index (χ2n) is 4.82. The van der Waals surface area contributed by atoms with Gasteiger partial charge >= 0.3 is 5.97 Å². The lowest BCUT2D eigenvalue weighted by molar-refractivity contribution is 0.0680. The Kier molecular flexibility index (Phi) is 1.99. The molecule has 0 aromatic carbocycles. The van der Waals surface area contributed by atoms with Crippen molar-refractivity contribution in [1.29, 1.82) is 0 Å². The van der Waals surface area contributed by atoms with Gasteiger partial charge < -0.3 is 15.4 Å². The first kappa shape index (κ1) is 10.0. The van der Waals surface area contributed by atoms with Gasteiger partial charge in [0.15, 0.2) is 11.5 Å². The summed E-state index contributed by atoms with van der Waals surface area (Å²) < 4.78 is 1.74. The maximum Gasteiger partial charge on any atom is 0.356 e. The maximum atomic E-state index is 11.0. The number of aromatic nitrogens is 2. The average Bonchev–Trinajstić information content (AvgIpc) is 2.38. The largest absolute Gasteiger partial charge is 0.476 e. The molecule has 0 bridgehead atoms. The highest BCUT2D eigenvalue weighted by Gasteiger charge is 2.31. The number of aromatic carboxylic acids is 1. The molecule has 0 radical (unpaired) electrons. The van der Waals surface area contributed by atoms with Gasteiger partial charge in [-0.3, -0.25) is 0 Å². The molecule has 5 nitrogen and oxygen atoms in total. The molecule has 3 N–H and O–H groups in total. The van der Waals surface area contributed by atoms with Crippen LogP contribution >= 0.6 is 0 Å². The van der Waals surface area contributed by atoms with Crippen LogP contribution in [-0.4, -0.2) is 20.6 Å². The van der Waals surface area contributed by atoms with Crippen molar-refractivity contribution in [3.63, 3.8) is 0 Å². The molecule has 82 valence electrons. The molecular formula is C10H15N3O2. The zero-order chi connectivity index (χ0) is 11.2. The van der Waals surface area contributed by atoms with E-state index in [1.54, 1.807) is 4.57 Å². The second-order valence-corrected chi connectivity index (χ2v) is 4.82. The summed E-state index contributed by atoms with van der Waals surface area (Å²) in [4.78, 5) is 15.1. The molecule has 2 heterocycles. The SMILES string of the molecule is CC1(C)CCc2nc(N)c(C(=O)O)n2C1. The van der Waals surface area contributed by atoms with Gasteiger partial charge in [0.25, 0.3) is 0 Å². The number of anilines is 1. The Morgan fingerprint density at radius 1 is 1.60 bits per heavy atom. The Morgan fingerprint density at radius 2 is 2.27 bits per heavy atom. The van der Waals surface area contributed by atoms with Crippen molar-refractivity contribution < 1.29 is 9.90 Å². The Labute approximate surface area is 87.9 Å². The highest BCUT2D eigenvalue weighted by Crippen LogP contribution is 2.32. The van der Waals surface area contributed by atoms with Gasteiger partial charge in [-0.15, -0.1) is 0 Å². The minimum absolute atomic E-state index is 0.115. The minimum Gasteiger partial charge on any atom is -0.476 e. The number of imidazole rings is 1. The van der Waals surface area contributed by atoms with Crippen LogP contribution in [0.4, 0.5) is 5.82 Å². The number of hydrogen-bond acceptors (Lipinski definition) is 3. The Morgan fingerprint density at radius 3 is 2.87 bits per heavy atom. The topological polar surface area (TPSA) is 81.1 Å². The first-order valence-electron chi connectivity index (χ1n) is 4.99. The van der Waals surface area contributed by atoms with E-state index in [0.29, 0.717) is 6.54 Å². The van der Waals surface area contributed by atoms with Gasteiger partial charge in [0.2, 0.25) is 0 Å². The lowest BCUT2D eigenvalue weighted by Crippen LogP contribution is -2.29. The Bertz CT molecular complexity index is 421. The van der Waals surface area contributed by atoms with Crippen LogP contribution in [0, 0.1) is 5.41 Å². The summed E-state index contributed by atoms with van der Waals surface area (Å²) in [7, 11) is 0. The number of aryl methyl sites for hydroxylation is 1. The first-order chi connectivity index (χ1) is 6.91. The van der Waals surface area contributed by atoms with E-state index >= 15 is 0 Å². The summed E-state index contributed by atoms with van der Waals surface area (Å²) in [5.41, 5.74) is 5.85. The van der Waals surface area contributed by atoms with E-state index in [-0.39, 0.29) is 16.9 Å². The molecule has 0 fully saturated rings. The predicted molar refractivity (Wildman–Crippen MR) is 55.7 cm³/mol. The molecule has 5 heteroatoms. The second kappa shape index (κ2) is 2.98. The van der Waals surface area contributed by atoms with Crippen LogP contribution < -0.4 is 5.73 Å². The third-order valence-corrected chi connectivity index (χ3v) is 2.89. The third kappa shape index (κ3) is 1.58. The molecule has 0 atom stereocenters. The van der Waals surface area contributed by atoms with E-state index < -0.39 is 5.97 Å². The van der Waals surface area contributed by atoms with E-state index in [2.05, 4.69) is 18.8 Å². The number of rotatable bonds is 1. The Balaban J connectivity index is 2.51. The summed E-state index contributed by atoms with van der Waals surface area (Å²) in [5, 5.41) is 9.04. The van der Waals surface area contributed by atoms with Crippen molar-refractivity contribution in [2.24, 2.45) is 5.41 Å². The van der Waals surface area contributed by atoms with Gasteiger partial charge in [0.1, 0.15) is 5.82 Å². The van der Waals surface area contributed by atoms with Gasteiger partial charge in [0, 0.05) is 13.0 Å². The molecule has 0 unspecified atom stereocenters. The molecule has 1 aliphatic heterocycles. The normalized spacial score (nSPS) is 18.5. The summed E-state index contributed by atoms with van der Waals surface area (Å²) in [6.45, 7) is 4.92. The van der Waals surface area contributed by atoms with Crippen LogP contribution in [0.5, 0.6) is 0 Å². The van der Waals surface area contributed by atoms with Crippen molar-refractivity contribution in [2.75, 3.05) is 5.73 Å². The molecule has 1 aromatic rings. The quantitative estimate of drug-likeness (QED) is 0.726. The molecule has 0 aliphatic carbocycles. The summed E-state index contributed by atoms with van der Waals surface area (Å²) in [6.07, 6.45) is 1.81. The minimum atomic E-state index is -0.996. The fourth-order valence-corrected chi connectivity index (χ4v) is 2.06. The third-order valence-electron chi connectivity index (χ3n) is 2.89. The standard InChI is InChI=1S/C10H15N3O2/c1-10(2)4-3-6-12-8(11)7(9(14)15)13(6)5-10/h3-5,11H2,1-2H3,(H,14,15). The number of hydrogen-bond donors (Lipinski definition) is 2. The average molecular weight is 209 g/mol. The van der Waals surface area contributed by atoms with Crippen LogP contribution in [0.2, 0.25) is 0 Å². The number of nitrogens with two attached hydrogens (primary N) is 1. The van der Waals surface area contributed by atoms with E-state index in [0.717, 1.165) is 18.7 Å². The molecular weight excluding hydrogens is 194 g/mol. The van der Waals surface area contributed by atoms with Crippen molar-refractivity contribution in [1.82, 2.24) is 9.55 Å². The van der Waals surface area contributed by atoms with E-state index in [9.17, 15) is 4.79 Å². The van der Waals surface area contributed by atoms with Crippen LogP contribution in [0.25, 0.3) is 0 Å². The van der Waals surface area contributed by atoms with E-state index in [1.807, 2.05) is 0 Å². The molecule has 1 aliphatic rings. The zero-order valence-electron chi connectivity index (χ0n) is 8.95. The molecule has 0 saturated heterocycles. The first-order valence-corrected chi connectivity index (χ1v) is 4.99. The van der Waals surface area contributed by atoms with E-state index in [1.165, 1.54) is 0 Å². The predicted octanol–water partition coefficient (Wildman–Crippen LogP) is 1.14. The molecule has 1 aromatic heterocycles. The van der Waals surface area contributed by atoms with Crippen molar-refractivity contribution >= 4 is 11.8 Å². The molecule has 0 spiro atoms. The van der Waals surface area contributed by atoms with E-state index in [4.69, 9.17) is 10.8 Å². The summed E-state index contributed by atoms with van der Waals surface area (Å²) in [6, 6.07) is 0. The smallest absolute Gasteiger partial charge is 0.356 e. The summed E-state index contributed by atoms with van der Waals surface area (Å²) >= 11 is 0. The van der Waals surface area contributed by atoms with Gasteiger partial charge in [0.05, 0.1) is 0 Å². The Hall–Kier alpha value is -1.52. The molecule has 15 heavy (non-hydrogen) atoms. The summed E-state index contributed by atoms with van der Waals surface area (Å²) in [5.74, 6) is -0.0663. The lowest BCUT2D eigenvalue weighted by atomic mass is 9.85. The fourth-order valence-electron chi connectivity index (χ4n) is 2.06. The lowest BCUT2D eigenvalue weighted by Gasteiger charge is -2.30. The van der Waals surface area contributed by atoms with Gasteiger partial charge in [-0.25, -0.2) is 9.78 Å². The zero-order valence-corrected chi connectivity index (χ0v) is 8.95.